The average Bonchev–Trinajstić information content (AvgIpc) is 2.79. The summed E-state index contributed by atoms with van der Waals surface area (Å²) in [6, 6.07) is 3.76. The second-order valence-electron chi connectivity index (χ2n) is 4.36. The van der Waals surface area contributed by atoms with E-state index < -0.39 is 29.7 Å². The summed E-state index contributed by atoms with van der Waals surface area (Å²) in [6.07, 6.45) is -6.60. The first-order valence-electron chi connectivity index (χ1n) is 5.65. The Morgan fingerprint density at radius 3 is 2.30 bits per heavy atom. The summed E-state index contributed by atoms with van der Waals surface area (Å²) in [7, 11) is 0. The van der Waals surface area contributed by atoms with Crippen LogP contribution >= 0.6 is 11.6 Å². The van der Waals surface area contributed by atoms with Crippen LogP contribution in [0.2, 0.25) is 5.02 Å². The van der Waals surface area contributed by atoms with Crippen molar-refractivity contribution in [1.82, 2.24) is 10.2 Å². The van der Waals surface area contributed by atoms with Gasteiger partial charge in [0, 0.05) is 10.4 Å². The number of aromatic amines is 1. The highest BCUT2D eigenvalue weighted by atomic mass is 35.5. The van der Waals surface area contributed by atoms with Crippen molar-refractivity contribution in [3.8, 4) is 0 Å². The summed E-state index contributed by atoms with van der Waals surface area (Å²) < 4.78 is 88.0. The molecule has 0 atom stereocenters. The molecular formula is C11H5ClF7N3O. The number of nitrogens with zero attached hydrogens (tertiary/aromatic N) is 1. The summed E-state index contributed by atoms with van der Waals surface area (Å²) in [6.45, 7) is 0. The Kier molecular flexibility index (Phi) is 3.95. The molecule has 0 unspecified atom stereocenters. The molecule has 2 aromatic rings. The number of nitrogens with one attached hydrogen (secondary N) is 2. The summed E-state index contributed by atoms with van der Waals surface area (Å²) in [5, 5.41) is 7.07. The zero-order valence-corrected chi connectivity index (χ0v) is 11.4. The van der Waals surface area contributed by atoms with Crippen LogP contribution in [0.15, 0.2) is 18.2 Å². The molecule has 0 saturated carbocycles. The van der Waals surface area contributed by atoms with Gasteiger partial charge in [0.05, 0.1) is 5.52 Å². The number of carbonyl (C=O) groups is 1. The van der Waals surface area contributed by atoms with E-state index in [0.29, 0.717) is 0 Å². The maximum absolute atomic E-state index is 13.2. The lowest BCUT2D eigenvalue weighted by Crippen LogP contribution is -2.57. The molecule has 12 heteroatoms. The number of hydrogen-bond donors (Lipinski definition) is 2. The minimum atomic E-state index is -6.60. The third-order valence-corrected chi connectivity index (χ3v) is 3.03. The maximum Gasteiger partial charge on any atom is 0.460 e. The average molecular weight is 364 g/mol. The van der Waals surface area contributed by atoms with Gasteiger partial charge in [0.25, 0.3) is 0 Å². The van der Waals surface area contributed by atoms with Crippen LogP contribution < -0.4 is 5.32 Å². The SMILES string of the molecule is O=C(Nc1n[nH]c2cc(Cl)ccc12)C(F)(F)C(F)(F)C(F)(F)F. The minimum Gasteiger partial charge on any atom is -0.303 e. The van der Waals surface area contributed by atoms with Crippen LogP contribution in [0, 0.1) is 0 Å². The van der Waals surface area contributed by atoms with E-state index in [1.54, 1.807) is 0 Å². The van der Waals surface area contributed by atoms with Crippen molar-refractivity contribution in [2.75, 3.05) is 5.32 Å². The van der Waals surface area contributed by atoms with Crippen LogP contribution in [0.4, 0.5) is 36.6 Å². The number of amides is 1. The fraction of sp³-hybridized carbons (Fsp3) is 0.273. The first-order valence-corrected chi connectivity index (χ1v) is 6.03. The second kappa shape index (κ2) is 5.25. The molecule has 0 aliphatic rings. The number of carbonyl (C=O) groups excluding carboxylic acids is 1. The fourth-order valence-corrected chi connectivity index (χ4v) is 1.77. The van der Waals surface area contributed by atoms with E-state index >= 15 is 0 Å². The highest BCUT2D eigenvalue weighted by Gasteiger charge is 2.76. The van der Waals surface area contributed by atoms with Crippen molar-refractivity contribution in [2.45, 2.75) is 18.0 Å². The Hall–Kier alpha value is -2.04. The molecule has 1 amide bonds. The number of rotatable bonds is 3. The number of aromatic nitrogens is 2. The third-order valence-electron chi connectivity index (χ3n) is 2.79. The Balaban J connectivity index is 2.33. The Morgan fingerprint density at radius 1 is 1.13 bits per heavy atom. The molecule has 2 rings (SSSR count). The molecule has 1 aromatic heterocycles. The quantitative estimate of drug-likeness (QED) is 0.810. The molecule has 1 heterocycles. The Morgan fingerprint density at radius 2 is 1.74 bits per heavy atom. The van der Waals surface area contributed by atoms with E-state index in [-0.39, 0.29) is 15.9 Å². The minimum absolute atomic E-state index is 0.00567. The second-order valence-corrected chi connectivity index (χ2v) is 4.80. The topological polar surface area (TPSA) is 57.8 Å². The summed E-state index contributed by atoms with van der Waals surface area (Å²) in [5.41, 5.74) is 0.152. The molecule has 0 bridgehead atoms. The van der Waals surface area contributed by atoms with Gasteiger partial charge in [-0.3, -0.25) is 9.89 Å². The molecule has 0 radical (unpaired) electrons. The monoisotopic (exact) mass is 363 g/mol. The van der Waals surface area contributed by atoms with E-state index in [1.807, 2.05) is 0 Å². The van der Waals surface area contributed by atoms with Crippen molar-refractivity contribution >= 4 is 34.2 Å². The molecule has 0 aliphatic heterocycles. The van der Waals surface area contributed by atoms with Gasteiger partial charge < -0.3 is 5.32 Å². The highest BCUT2D eigenvalue weighted by Crippen LogP contribution is 2.47. The van der Waals surface area contributed by atoms with E-state index in [1.165, 1.54) is 23.5 Å². The lowest BCUT2D eigenvalue weighted by atomic mass is 10.1. The number of benzene rings is 1. The van der Waals surface area contributed by atoms with Gasteiger partial charge in [-0.05, 0) is 18.2 Å². The summed E-state index contributed by atoms with van der Waals surface area (Å²) in [4.78, 5) is 11.2. The van der Waals surface area contributed by atoms with Gasteiger partial charge in [0.2, 0.25) is 0 Å². The van der Waals surface area contributed by atoms with Crippen LogP contribution in [0.1, 0.15) is 0 Å². The molecule has 0 saturated heterocycles. The van der Waals surface area contributed by atoms with Crippen LogP contribution in [-0.2, 0) is 4.79 Å². The van der Waals surface area contributed by atoms with E-state index in [4.69, 9.17) is 11.6 Å². The maximum atomic E-state index is 13.2. The predicted molar refractivity (Wildman–Crippen MR) is 65.7 cm³/mol. The fourth-order valence-electron chi connectivity index (χ4n) is 1.59. The van der Waals surface area contributed by atoms with E-state index in [2.05, 4.69) is 10.2 Å². The van der Waals surface area contributed by atoms with E-state index in [0.717, 1.165) is 0 Å². The van der Waals surface area contributed by atoms with Crippen molar-refractivity contribution in [3.05, 3.63) is 23.2 Å². The smallest absolute Gasteiger partial charge is 0.303 e. The highest BCUT2D eigenvalue weighted by molar-refractivity contribution is 6.31. The molecule has 4 nitrogen and oxygen atoms in total. The molecule has 0 aliphatic carbocycles. The van der Waals surface area contributed by atoms with E-state index in [9.17, 15) is 35.5 Å². The standard InChI is InChI=1S/C11H5ClF7N3O/c12-4-1-2-5-6(3-4)21-22-7(5)20-8(23)9(13,14)10(15,16)11(17,18)19/h1-3H,(H2,20,21,22,23). The van der Waals surface area contributed by atoms with Crippen LogP contribution in [0.3, 0.4) is 0 Å². The molecule has 1 aromatic carbocycles. The molecule has 126 valence electrons. The summed E-state index contributed by atoms with van der Waals surface area (Å²) >= 11 is 5.64. The number of alkyl halides is 7. The van der Waals surface area contributed by atoms with Crippen LogP contribution in [0.25, 0.3) is 10.9 Å². The zero-order valence-electron chi connectivity index (χ0n) is 10.6. The zero-order chi connectivity index (χ0) is 17.6. The van der Waals surface area contributed by atoms with Crippen LogP contribution in [-0.4, -0.2) is 34.1 Å². The summed E-state index contributed by atoms with van der Waals surface area (Å²) in [5.74, 6) is -16.1. The first kappa shape index (κ1) is 17.3. The molecule has 2 N–H and O–H groups in total. The van der Waals surface area contributed by atoms with Gasteiger partial charge in [-0.1, -0.05) is 11.6 Å². The van der Waals surface area contributed by atoms with Gasteiger partial charge in [0.1, 0.15) is 0 Å². The van der Waals surface area contributed by atoms with Crippen molar-refractivity contribution in [1.29, 1.82) is 0 Å². The molecule has 0 fully saturated rings. The first-order chi connectivity index (χ1) is 10.4. The van der Waals surface area contributed by atoms with Gasteiger partial charge in [0.15, 0.2) is 5.82 Å². The lowest BCUT2D eigenvalue weighted by Gasteiger charge is -2.26. The largest absolute Gasteiger partial charge is 0.460 e. The van der Waals surface area contributed by atoms with Gasteiger partial charge in [-0.15, -0.1) is 0 Å². The van der Waals surface area contributed by atoms with Crippen molar-refractivity contribution in [2.24, 2.45) is 0 Å². The van der Waals surface area contributed by atoms with Crippen molar-refractivity contribution < 1.29 is 35.5 Å². The number of fused-ring (bicyclic) bond motifs is 1. The van der Waals surface area contributed by atoms with Crippen molar-refractivity contribution in [3.63, 3.8) is 0 Å². The molecule has 23 heavy (non-hydrogen) atoms. The van der Waals surface area contributed by atoms with Gasteiger partial charge in [-0.2, -0.15) is 35.8 Å². The number of H-pyrrole nitrogens is 1. The Bertz CT molecular complexity index is 756. The van der Waals surface area contributed by atoms with Gasteiger partial charge >= 0.3 is 23.9 Å². The lowest BCUT2D eigenvalue weighted by molar-refractivity contribution is -0.343. The molecular weight excluding hydrogens is 359 g/mol. The Labute approximate surface area is 127 Å². The molecule has 0 spiro atoms. The number of anilines is 1. The number of hydrogen-bond acceptors (Lipinski definition) is 2. The third kappa shape index (κ3) is 2.80. The van der Waals surface area contributed by atoms with Gasteiger partial charge in [-0.25, -0.2) is 0 Å². The normalized spacial score (nSPS) is 13.4. The van der Waals surface area contributed by atoms with Crippen LogP contribution in [0.5, 0.6) is 0 Å². The number of halogens is 8. The predicted octanol–water partition coefficient (Wildman–Crippen LogP) is 3.99.